The molecule has 6 heterocycles. The van der Waals surface area contributed by atoms with E-state index in [4.69, 9.17) is 24.2 Å². The second kappa shape index (κ2) is 21.3. The number of imidazole rings is 2. The molecule has 0 unspecified atom stereocenters. The first-order valence-electron chi connectivity index (χ1n) is 27.4. The van der Waals surface area contributed by atoms with Gasteiger partial charge in [0.05, 0.1) is 46.2 Å². The summed E-state index contributed by atoms with van der Waals surface area (Å²) in [4.78, 5) is 51.7. The minimum atomic E-state index is -0.535. The number of nitriles is 2. The molecule has 0 radical (unpaired) electrons. The monoisotopic (exact) mass is 1040 g/mol. The van der Waals surface area contributed by atoms with Gasteiger partial charge in [0, 0.05) is 102 Å². The smallest absolute Gasteiger partial charge is 0.410 e. The maximum absolute atomic E-state index is 12.5. The number of nitrogens with one attached hydrogen (secondary N) is 3. The number of anilines is 2. The average Bonchev–Trinajstić information content (AvgIpc) is 4.38. The van der Waals surface area contributed by atoms with E-state index in [1.54, 1.807) is 4.90 Å². The van der Waals surface area contributed by atoms with E-state index in [2.05, 4.69) is 77.4 Å². The number of benzene rings is 4. The van der Waals surface area contributed by atoms with Crippen molar-refractivity contribution in [3.05, 3.63) is 84.4 Å². The maximum Gasteiger partial charge on any atom is 0.410 e. The van der Waals surface area contributed by atoms with E-state index in [1.165, 1.54) is 0 Å². The highest BCUT2D eigenvalue weighted by molar-refractivity contribution is 5.90. The number of piperazine rings is 2. The topological polar surface area (TPSA) is 208 Å². The zero-order valence-electron chi connectivity index (χ0n) is 44.7. The molecule has 12 rings (SSSR count). The second-order valence-electron chi connectivity index (χ2n) is 22.5. The van der Waals surface area contributed by atoms with Crippen molar-refractivity contribution in [3.8, 4) is 45.9 Å². The van der Waals surface area contributed by atoms with Gasteiger partial charge in [0.1, 0.15) is 52.5 Å². The summed E-state index contributed by atoms with van der Waals surface area (Å²) in [5.74, 6) is 1.93. The summed E-state index contributed by atoms with van der Waals surface area (Å²) in [6.45, 7) is 16.8. The van der Waals surface area contributed by atoms with Gasteiger partial charge in [-0.1, -0.05) is 12.1 Å². The van der Waals surface area contributed by atoms with Crippen molar-refractivity contribution in [3.63, 3.8) is 0 Å². The Morgan fingerprint density at radius 1 is 0.636 bits per heavy atom. The molecule has 4 atom stereocenters. The maximum atomic E-state index is 12.5. The van der Waals surface area contributed by atoms with E-state index in [9.17, 15) is 24.9 Å². The van der Waals surface area contributed by atoms with E-state index in [0.717, 1.165) is 119 Å². The molecule has 2 aliphatic carbocycles. The van der Waals surface area contributed by atoms with Crippen molar-refractivity contribution in [2.45, 2.75) is 103 Å². The minimum absolute atomic E-state index is 0.0627. The molecule has 0 bridgehead atoms. The van der Waals surface area contributed by atoms with Crippen molar-refractivity contribution in [2.75, 3.05) is 75.2 Å². The molecule has 77 heavy (non-hydrogen) atoms. The van der Waals surface area contributed by atoms with E-state index in [1.807, 2.05) is 77.6 Å². The number of amides is 3. The summed E-state index contributed by atoms with van der Waals surface area (Å²) in [7, 11) is 0. The van der Waals surface area contributed by atoms with Gasteiger partial charge in [-0.15, -0.1) is 0 Å². The molecule has 6 aliphatic rings. The minimum Gasteiger partial charge on any atom is -0.488 e. The van der Waals surface area contributed by atoms with E-state index >= 15 is 0 Å². The van der Waals surface area contributed by atoms with Crippen LogP contribution in [-0.4, -0.2) is 125 Å². The standard InChI is InChI=1S/C32H38N6O4.C27H30N6O2/c1-20(24-16-29(39)34-18-24)41-28-15-22(14-26-30(28)38(19-35-26)25-6-7-25)21-5-8-27(23(13-21)17-33)36-9-11-37(12-10-36)31(40)42-32(2,3)4;1-17(21-13-26(34)30-15-21)35-25-12-19(11-23-27(25)33(16-31-23)22-3-4-22)18-2-5-24(20(10-18)14-28)32-8-6-29-7-9-32/h5,8,13-15,19-20,24-25H,6-7,9-12,16,18H2,1-4H3,(H,34,39);2,5,10-12,16-17,21-22,29H,3-4,6-9,13,15H2,1H3,(H,30,34)/t20-,24-;17-,21-/m11/s1. The van der Waals surface area contributed by atoms with Gasteiger partial charge in [0.15, 0.2) is 0 Å². The summed E-state index contributed by atoms with van der Waals surface area (Å²) in [6.07, 6.45) is 8.76. The van der Waals surface area contributed by atoms with Gasteiger partial charge < -0.3 is 54.0 Å². The zero-order chi connectivity index (χ0) is 53.5. The van der Waals surface area contributed by atoms with Crippen LogP contribution in [-0.2, 0) is 14.3 Å². The first-order valence-corrected chi connectivity index (χ1v) is 27.4. The van der Waals surface area contributed by atoms with E-state index in [0.29, 0.717) is 75.3 Å². The van der Waals surface area contributed by atoms with Gasteiger partial charge in [0.2, 0.25) is 11.8 Å². The van der Waals surface area contributed by atoms with Crippen molar-refractivity contribution in [2.24, 2.45) is 11.8 Å². The van der Waals surface area contributed by atoms with Crippen molar-refractivity contribution in [1.29, 1.82) is 10.5 Å². The zero-order valence-corrected chi connectivity index (χ0v) is 44.7. The van der Waals surface area contributed by atoms with Crippen LogP contribution >= 0.6 is 0 Å². The number of carbonyl (C=O) groups is 3. The van der Waals surface area contributed by atoms with Gasteiger partial charge in [-0.3, -0.25) is 9.59 Å². The largest absolute Gasteiger partial charge is 0.488 e. The van der Waals surface area contributed by atoms with E-state index < -0.39 is 5.60 Å². The molecule has 6 fully saturated rings. The lowest BCUT2D eigenvalue weighted by atomic mass is 10.00. The molecular weight excluding hydrogens is 973 g/mol. The Bertz CT molecular complexity index is 3310. The lowest BCUT2D eigenvalue weighted by Gasteiger charge is -2.37. The predicted molar refractivity (Wildman–Crippen MR) is 294 cm³/mol. The number of aromatic nitrogens is 4. The molecule has 4 saturated heterocycles. The van der Waals surface area contributed by atoms with Gasteiger partial charge in [0.25, 0.3) is 0 Å². The van der Waals surface area contributed by atoms with Crippen LogP contribution in [0.1, 0.15) is 96.4 Å². The van der Waals surface area contributed by atoms with Crippen LogP contribution in [0.15, 0.2) is 73.3 Å². The summed E-state index contributed by atoms with van der Waals surface area (Å²) < 4.78 is 23.1. The number of carbonyl (C=O) groups excluding carboxylic acids is 3. The van der Waals surface area contributed by atoms with E-state index in [-0.39, 0.29) is 42.0 Å². The molecule has 4 aromatic carbocycles. The molecule has 2 saturated carbocycles. The van der Waals surface area contributed by atoms with Crippen LogP contribution in [0, 0.1) is 34.5 Å². The SMILES string of the molecule is C[C@@H](Oc1cc(-c2ccc(N3CCN(C(=O)OC(C)(C)C)CC3)c(C#N)c2)cc2ncn(C3CC3)c12)[C@H]1CNC(=O)C1.C[C@@H](Oc1cc(-c2ccc(N3CCNCC3)c(C#N)c2)cc2ncn(C3CC3)c12)[C@H]1CNC(=O)C1. The molecule has 0 spiro atoms. The number of rotatable bonds is 12. The fraction of sp³-hybridized carbons (Fsp3) is 0.475. The van der Waals surface area contributed by atoms with Crippen molar-refractivity contribution < 1.29 is 28.6 Å². The van der Waals surface area contributed by atoms with Crippen LogP contribution in [0.25, 0.3) is 44.3 Å². The highest BCUT2D eigenvalue weighted by atomic mass is 16.6. The lowest BCUT2D eigenvalue weighted by molar-refractivity contribution is -0.120. The molecule has 2 aromatic heterocycles. The first kappa shape index (κ1) is 51.3. The Morgan fingerprint density at radius 3 is 1.49 bits per heavy atom. The second-order valence-corrected chi connectivity index (χ2v) is 22.5. The highest BCUT2D eigenvalue weighted by Crippen LogP contribution is 2.44. The average molecular weight is 1040 g/mol. The number of fused-ring (bicyclic) bond motifs is 2. The van der Waals surface area contributed by atoms with Crippen LogP contribution in [0.5, 0.6) is 11.5 Å². The third-order valence-electron chi connectivity index (χ3n) is 15.8. The Kier molecular flexibility index (Phi) is 14.2. The van der Waals surface area contributed by atoms with Crippen LogP contribution in [0.3, 0.4) is 0 Å². The van der Waals surface area contributed by atoms with Crippen LogP contribution < -0.4 is 35.2 Å². The van der Waals surface area contributed by atoms with Crippen LogP contribution in [0.4, 0.5) is 16.2 Å². The Labute approximate surface area is 449 Å². The fourth-order valence-electron chi connectivity index (χ4n) is 11.1. The Morgan fingerprint density at radius 2 is 1.09 bits per heavy atom. The van der Waals surface area contributed by atoms with Crippen LogP contribution in [0.2, 0.25) is 0 Å². The molecule has 6 aromatic rings. The van der Waals surface area contributed by atoms with Crippen molar-refractivity contribution >= 4 is 51.3 Å². The molecule has 18 nitrogen and oxygen atoms in total. The molecule has 400 valence electrons. The molecular formula is C59H68N12O6. The summed E-state index contributed by atoms with van der Waals surface area (Å²) >= 11 is 0. The highest BCUT2D eigenvalue weighted by Gasteiger charge is 2.34. The third-order valence-corrected chi connectivity index (χ3v) is 15.8. The molecule has 3 amide bonds. The number of hydrogen-bond acceptors (Lipinski definition) is 13. The Balaban J connectivity index is 0.000000166. The quantitative estimate of drug-likeness (QED) is 0.106. The van der Waals surface area contributed by atoms with Gasteiger partial charge >= 0.3 is 6.09 Å². The third kappa shape index (κ3) is 11.2. The first-order chi connectivity index (χ1) is 37.2. The number of ether oxygens (including phenoxy) is 3. The fourth-order valence-corrected chi connectivity index (χ4v) is 11.1. The number of hydrogen-bond donors (Lipinski definition) is 3. The molecule has 4 aliphatic heterocycles. The van der Waals surface area contributed by atoms with Crippen molar-refractivity contribution in [1.82, 2.24) is 40.0 Å². The lowest BCUT2D eigenvalue weighted by Crippen LogP contribution is -2.50. The molecule has 3 N–H and O–H groups in total. The van der Waals surface area contributed by atoms with Gasteiger partial charge in [-0.05, 0) is 131 Å². The molecule has 18 heteroatoms. The summed E-state index contributed by atoms with van der Waals surface area (Å²) in [5, 5.41) is 29.2. The normalized spacial score (nSPS) is 20.4. The predicted octanol–water partition coefficient (Wildman–Crippen LogP) is 8.09. The number of nitrogens with zero attached hydrogens (tertiary/aromatic N) is 9. The summed E-state index contributed by atoms with van der Waals surface area (Å²) in [6, 6.07) is 26.0. The van der Waals surface area contributed by atoms with Gasteiger partial charge in [-0.2, -0.15) is 10.5 Å². The summed E-state index contributed by atoms with van der Waals surface area (Å²) in [5.41, 5.74) is 10.1. The Hall–Kier alpha value is -7.83. The van der Waals surface area contributed by atoms with Gasteiger partial charge in [-0.25, -0.2) is 14.8 Å².